The summed E-state index contributed by atoms with van der Waals surface area (Å²) >= 11 is 1.95. The Morgan fingerprint density at radius 2 is 2.05 bits per heavy atom. The van der Waals surface area contributed by atoms with E-state index >= 15 is 0 Å². The van der Waals surface area contributed by atoms with Gasteiger partial charge in [-0.1, -0.05) is 6.42 Å². The molecule has 0 aliphatic heterocycles. The minimum absolute atomic E-state index is 0.0635. The van der Waals surface area contributed by atoms with Crippen LogP contribution in [0.3, 0.4) is 0 Å². The molecule has 2 rings (SSSR count). The summed E-state index contributed by atoms with van der Waals surface area (Å²) in [4.78, 5) is 2.97. The van der Waals surface area contributed by atoms with Gasteiger partial charge in [0.15, 0.2) is 0 Å². The molecule has 0 amide bonds. The van der Waals surface area contributed by atoms with E-state index in [4.69, 9.17) is 10.5 Å². The molecule has 0 aromatic carbocycles. The first-order chi connectivity index (χ1) is 9.02. The van der Waals surface area contributed by atoms with Crippen molar-refractivity contribution in [2.24, 2.45) is 5.73 Å². The van der Waals surface area contributed by atoms with Crippen LogP contribution in [-0.4, -0.2) is 12.7 Å². The predicted octanol–water partition coefficient (Wildman–Crippen LogP) is 4.22. The van der Waals surface area contributed by atoms with Crippen molar-refractivity contribution in [1.82, 2.24) is 0 Å². The first-order valence-corrected chi connectivity index (χ1v) is 8.26. The summed E-state index contributed by atoms with van der Waals surface area (Å²) in [5.74, 6) is 0. The summed E-state index contributed by atoms with van der Waals surface area (Å²) in [5.41, 5.74) is 7.87. The van der Waals surface area contributed by atoms with Crippen molar-refractivity contribution < 1.29 is 4.74 Å². The second-order valence-electron chi connectivity index (χ2n) is 6.27. The molecule has 0 saturated carbocycles. The Kier molecular flexibility index (Phi) is 5.04. The minimum atomic E-state index is -0.0635. The molecule has 2 nitrogen and oxygen atoms in total. The van der Waals surface area contributed by atoms with E-state index in [0.29, 0.717) is 0 Å². The van der Waals surface area contributed by atoms with E-state index in [1.54, 1.807) is 17.6 Å². The van der Waals surface area contributed by atoms with Crippen LogP contribution in [0.15, 0.2) is 6.07 Å². The van der Waals surface area contributed by atoms with E-state index in [1.165, 1.54) is 37.0 Å². The monoisotopic (exact) mass is 281 g/mol. The first-order valence-electron chi connectivity index (χ1n) is 7.44. The largest absolute Gasteiger partial charge is 0.379 e. The number of hydrogen-bond acceptors (Lipinski definition) is 3. The van der Waals surface area contributed by atoms with Gasteiger partial charge in [0.2, 0.25) is 0 Å². The molecule has 0 spiro atoms. The second kappa shape index (κ2) is 6.38. The standard InChI is InChI=1S/C16H27NOS/c1-16(2,18-3)10-9-13(17)15-11-12-7-5-4-6-8-14(12)19-15/h11,13H,4-10,17H2,1-3H3. The zero-order valence-electron chi connectivity index (χ0n) is 12.5. The topological polar surface area (TPSA) is 35.2 Å². The molecule has 0 radical (unpaired) electrons. The third kappa shape index (κ3) is 4.04. The van der Waals surface area contributed by atoms with Crippen LogP contribution in [0.5, 0.6) is 0 Å². The molecule has 1 aromatic rings. The Balaban J connectivity index is 1.98. The van der Waals surface area contributed by atoms with Gasteiger partial charge in [-0.2, -0.15) is 0 Å². The SMILES string of the molecule is COC(C)(C)CCC(N)c1cc2c(s1)CCCCC2. The molecule has 1 heterocycles. The maximum atomic E-state index is 6.36. The fourth-order valence-corrected chi connectivity index (χ4v) is 3.91. The highest BCUT2D eigenvalue weighted by atomic mass is 32.1. The summed E-state index contributed by atoms with van der Waals surface area (Å²) in [6.07, 6.45) is 8.59. The van der Waals surface area contributed by atoms with Gasteiger partial charge in [0.05, 0.1) is 5.60 Å². The fraction of sp³-hybridized carbons (Fsp3) is 0.750. The highest BCUT2D eigenvalue weighted by Gasteiger charge is 2.20. The molecule has 108 valence electrons. The summed E-state index contributed by atoms with van der Waals surface area (Å²) in [6, 6.07) is 2.54. The zero-order valence-corrected chi connectivity index (χ0v) is 13.3. The molecular weight excluding hydrogens is 254 g/mol. The van der Waals surface area contributed by atoms with Gasteiger partial charge in [0.25, 0.3) is 0 Å². The van der Waals surface area contributed by atoms with Gasteiger partial charge in [-0.15, -0.1) is 11.3 Å². The molecular formula is C16H27NOS. The van der Waals surface area contributed by atoms with Crippen LogP contribution in [0.25, 0.3) is 0 Å². The van der Waals surface area contributed by atoms with Crippen molar-refractivity contribution in [3.63, 3.8) is 0 Å². The molecule has 0 fully saturated rings. The van der Waals surface area contributed by atoms with Gasteiger partial charge < -0.3 is 10.5 Å². The fourth-order valence-electron chi connectivity index (χ4n) is 2.62. The molecule has 1 atom stereocenters. The molecule has 1 aliphatic carbocycles. The summed E-state index contributed by atoms with van der Waals surface area (Å²) < 4.78 is 5.47. The van der Waals surface area contributed by atoms with Crippen LogP contribution in [-0.2, 0) is 17.6 Å². The normalized spacial score (nSPS) is 17.9. The zero-order chi connectivity index (χ0) is 13.9. The van der Waals surface area contributed by atoms with Crippen molar-refractivity contribution in [3.8, 4) is 0 Å². The lowest BCUT2D eigenvalue weighted by molar-refractivity contribution is 0.0125. The maximum absolute atomic E-state index is 6.36. The van der Waals surface area contributed by atoms with Gasteiger partial charge in [-0.05, 0) is 64.0 Å². The molecule has 2 N–H and O–H groups in total. The third-order valence-corrected chi connectivity index (χ3v) is 5.61. The van der Waals surface area contributed by atoms with Crippen molar-refractivity contribution in [2.75, 3.05) is 7.11 Å². The number of nitrogens with two attached hydrogens (primary N) is 1. The number of methoxy groups -OCH3 is 1. The minimum Gasteiger partial charge on any atom is -0.379 e. The van der Waals surface area contributed by atoms with E-state index in [1.807, 2.05) is 11.3 Å². The Labute approximate surface area is 121 Å². The van der Waals surface area contributed by atoms with Crippen LogP contribution in [0, 0.1) is 0 Å². The third-order valence-electron chi connectivity index (χ3n) is 4.24. The number of aryl methyl sites for hydroxylation is 2. The summed E-state index contributed by atoms with van der Waals surface area (Å²) in [5, 5.41) is 0. The van der Waals surface area contributed by atoms with Crippen molar-refractivity contribution in [3.05, 3.63) is 21.4 Å². The Morgan fingerprint density at radius 3 is 2.79 bits per heavy atom. The van der Waals surface area contributed by atoms with Crippen molar-refractivity contribution in [1.29, 1.82) is 0 Å². The highest BCUT2D eigenvalue weighted by molar-refractivity contribution is 7.12. The van der Waals surface area contributed by atoms with Crippen LogP contribution in [0.4, 0.5) is 0 Å². The number of rotatable bonds is 5. The Morgan fingerprint density at radius 1 is 1.32 bits per heavy atom. The lowest BCUT2D eigenvalue weighted by Gasteiger charge is -2.24. The van der Waals surface area contributed by atoms with Gasteiger partial charge in [0, 0.05) is 22.9 Å². The molecule has 0 saturated heterocycles. The Hall–Kier alpha value is -0.380. The Bertz CT molecular complexity index is 387. The van der Waals surface area contributed by atoms with Crippen LogP contribution in [0.2, 0.25) is 0 Å². The highest BCUT2D eigenvalue weighted by Crippen LogP contribution is 2.33. The van der Waals surface area contributed by atoms with E-state index in [0.717, 1.165) is 12.8 Å². The molecule has 1 unspecified atom stereocenters. The predicted molar refractivity (Wildman–Crippen MR) is 82.8 cm³/mol. The maximum Gasteiger partial charge on any atom is 0.0623 e. The molecule has 19 heavy (non-hydrogen) atoms. The average molecular weight is 281 g/mol. The average Bonchev–Trinajstić information content (AvgIpc) is 2.68. The van der Waals surface area contributed by atoms with E-state index in [2.05, 4.69) is 19.9 Å². The lowest BCUT2D eigenvalue weighted by atomic mass is 9.98. The van der Waals surface area contributed by atoms with Gasteiger partial charge in [-0.3, -0.25) is 0 Å². The van der Waals surface area contributed by atoms with E-state index in [-0.39, 0.29) is 11.6 Å². The van der Waals surface area contributed by atoms with E-state index < -0.39 is 0 Å². The van der Waals surface area contributed by atoms with Crippen molar-refractivity contribution in [2.45, 2.75) is 70.4 Å². The molecule has 3 heteroatoms. The first kappa shape index (κ1) is 15.0. The molecule has 1 aliphatic rings. The van der Waals surface area contributed by atoms with Crippen LogP contribution >= 0.6 is 11.3 Å². The number of hydrogen-bond donors (Lipinski definition) is 1. The van der Waals surface area contributed by atoms with Crippen molar-refractivity contribution >= 4 is 11.3 Å². The summed E-state index contributed by atoms with van der Waals surface area (Å²) in [7, 11) is 1.78. The van der Waals surface area contributed by atoms with Crippen LogP contribution < -0.4 is 5.73 Å². The summed E-state index contributed by atoms with van der Waals surface area (Å²) in [6.45, 7) is 4.26. The second-order valence-corrected chi connectivity index (χ2v) is 7.44. The van der Waals surface area contributed by atoms with Gasteiger partial charge in [-0.25, -0.2) is 0 Å². The number of fused-ring (bicyclic) bond motifs is 1. The van der Waals surface area contributed by atoms with E-state index in [9.17, 15) is 0 Å². The number of ether oxygens (including phenoxy) is 1. The molecule has 0 bridgehead atoms. The van der Waals surface area contributed by atoms with Crippen LogP contribution in [0.1, 0.15) is 67.3 Å². The smallest absolute Gasteiger partial charge is 0.0623 e. The molecule has 1 aromatic heterocycles. The van der Waals surface area contributed by atoms with Gasteiger partial charge in [0.1, 0.15) is 0 Å². The quantitative estimate of drug-likeness (QED) is 0.820. The number of thiophene rings is 1. The lowest BCUT2D eigenvalue weighted by Crippen LogP contribution is -2.24. The van der Waals surface area contributed by atoms with Gasteiger partial charge >= 0.3 is 0 Å².